The second kappa shape index (κ2) is 5.77. The van der Waals surface area contributed by atoms with Crippen molar-refractivity contribution in [3.63, 3.8) is 0 Å². The van der Waals surface area contributed by atoms with Crippen LogP contribution in [0.2, 0.25) is 0 Å². The van der Waals surface area contributed by atoms with Crippen LogP contribution in [0.1, 0.15) is 24.3 Å². The molecule has 26 heavy (non-hydrogen) atoms. The molecule has 2 aliphatic heterocycles. The summed E-state index contributed by atoms with van der Waals surface area (Å²) in [5, 5.41) is 38.4. The van der Waals surface area contributed by atoms with Crippen molar-refractivity contribution in [3.8, 4) is 18.2 Å². The quantitative estimate of drug-likeness (QED) is 0.788. The number of hydrogen-bond donors (Lipinski definition) is 1. The van der Waals surface area contributed by atoms with Gasteiger partial charge in [-0.3, -0.25) is 9.88 Å². The Morgan fingerprint density at radius 3 is 2.65 bits per heavy atom. The molecule has 6 nitrogen and oxygen atoms in total. The molecule has 0 spiro atoms. The van der Waals surface area contributed by atoms with E-state index in [-0.39, 0.29) is 23.7 Å². The summed E-state index contributed by atoms with van der Waals surface area (Å²) in [5.41, 5.74) is -0.0448. The van der Waals surface area contributed by atoms with E-state index in [1.165, 1.54) is 0 Å². The van der Waals surface area contributed by atoms with E-state index in [0.717, 1.165) is 24.0 Å². The molecule has 1 aromatic rings. The first-order chi connectivity index (χ1) is 12.6. The minimum atomic E-state index is -1.65. The highest BCUT2D eigenvalue weighted by molar-refractivity contribution is 6.01. The second-order valence-corrected chi connectivity index (χ2v) is 7.34. The fourth-order valence-corrected chi connectivity index (χ4v) is 5.16. The van der Waals surface area contributed by atoms with Crippen LogP contribution in [0.25, 0.3) is 0 Å². The maximum absolute atomic E-state index is 10.0. The Kier molecular flexibility index (Phi) is 3.65. The molecular formula is C20H18N6. The van der Waals surface area contributed by atoms with Gasteiger partial charge in [-0.05, 0) is 37.1 Å². The van der Waals surface area contributed by atoms with E-state index in [1.807, 2.05) is 6.07 Å². The average Bonchev–Trinajstić information content (AvgIpc) is 2.91. The molecule has 3 aliphatic rings. The number of nitrogens with one attached hydrogen (secondary N) is 1. The molecule has 1 saturated carbocycles. The largest absolute Gasteiger partial charge is 0.305 e. The number of nitriles is 3. The highest BCUT2D eigenvalue weighted by Crippen LogP contribution is 2.57. The van der Waals surface area contributed by atoms with Crippen LogP contribution in [0.3, 0.4) is 0 Å². The van der Waals surface area contributed by atoms with Gasteiger partial charge in [0.05, 0.1) is 23.9 Å². The van der Waals surface area contributed by atoms with Gasteiger partial charge in [0.25, 0.3) is 0 Å². The van der Waals surface area contributed by atoms with E-state index in [9.17, 15) is 15.8 Å². The van der Waals surface area contributed by atoms with Gasteiger partial charge in [0.15, 0.2) is 5.41 Å². The van der Waals surface area contributed by atoms with Crippen molar-refractivity contribution in [2.45, 2.75) is 30.8 Å². The lowest BCUT2D eigenvalue weighted by Gasteiger charge is -2.50. The summed E-state index contributed by atoms with van der Waals surface area (Å²) in [6.45, 7) is 0. The van der Waals surface area contributed by atoms with Gasteiger partial charge in [0.1, 0.15) is 5.92 Å². The Balaban J connectivity index is 2.00. The van der Waals surface area contributed by atoms with Gasteiger partial charge >= 0.3 is 0 Å². The number of fused-ring (bicyclic) bond motifs is 4. The van der Waals surface area contributed by atoms with Crippen molar-refractivity contribution in [1.82, 2.24) is 9.88 Å². The number of pyridine rings is 1. The summed E-state index contributed by atoms with van der Waals surface area (Å²) < 4.78 is 0. The molecule has 0 aromatic carbocycles. The lowest BCUT2D eigenvalue weighted by atomic mass is 9.53. The fraction of sp³-hybridized carbons (Fsp3) is 0.450. The van der Waals surface area contributed by atoms with Crippen molar-refractivity contribution in [1.29, 1.82) is 21.2 Å². The van der Waals surface area contributed by atoms with E-state index >= 15 is 0 Å². The fourth-order valence-electron chi connectivity index (χ4n) is 5.16. The first-order valence-corrected chi connectivity index (χ1v) is 8.73. The maximum atomic E-state index is 10.0. The van der Waals surface area contributed by atoms with E-state index in [4.69, 9.17) is 5.41 Å². The molecule has 6 heteroatoms. The maximum Gasteiger partial charge on any atom is 0.189 e. The molecule has 1 unspecified atom stereocenters. The van der Waals surface area contributed by atoms with Crippen LogP contribution in [0.4, 0.5) is 0 Å². The van der Waals surface area contributed by atoms with Gasteiger partial charge in [0.2, 0.25) is 0 Å². The first-order valence-electron chi connectivity index (χ1n) is 8.73. The van der Waals surface area contributed by atoms with Crippen LogP contribution < -0.4 is 0 Å². The van der Waals surface area contributed by atoms with Gasteiger partial charge in [-0.25, -0.2) is 0 Å². The molecular weight excluding hydrogens is 324 g/mol. The van der Waals surface area contributed by atoms with Crippen LogP contribution in [-0.4, -0.2) is 34.7 Å². The number of rotatable bonds is 1. The zero-order valence-electron chi connectivity index (χ0n) is 14.4. The summed E-state index contributed by atoms with van der Waals surface area (Å²) in [7, 11) is 2.07. The molecule has 2 fully saturated rings. The van der Waals surface area contributed by atoms with Crippen LogP contribution >= 0.6 is 0 Å². The van der Waals surface area contributed by atoms with Crippen LogP contribution in [-0.2, 0) is 0 Å². The Bertz CT molecular complexity index is 898. The molecule has 1 aromatic heterocycles. The predicted molar refractivity (Wildman–Crippen MR) is 93.6 cm³/mol. The lowest BCUT2D eigenvalue weighted by Crippen LogP contribution is -2.55. The molecule has 0 radical (unpaired) electrons. The number of nitrogens with zero attached hydrogens (tertiary/aromatic N) is 5. The van der Waals surface area contributed by atoms with E-state index in [0.29, 0.717) is 0 Å². The number of hydrogen-bond acceptors (Lipinski definition) is 6. The molecule has 4 rings (SSSR count). The van der Waals surface area contributed by atoms with Crippen molar-refractivity contribution < 1.29 is 0 Å². The molecule has 1 saturated heterocycles. The molecule has 1 N–H and O–H groups in total. The Labute approximate surface area is 152 Å². The Morgan fingerprint density at radius 2 is 2.04 bits per heavy atom. The van der Waals surface area contributed by atoms with E-state index in [2.05, 4.69) is 41.2 Å². The molecule has 1 aliphatic carbocycles. The normalized spacial score (nSPS) is 34.8. The number of aromatic nitrogens is 1. The topological polar surface area (TPSA) is 111 Å². The second-order valence-electron chi connectivity index (χ2n) is 7.34. The standard InChI is InChI=1S/C20H18N6/c1-26-13-4-5-16(26)17-14(7-13)15(8-21)19(24)20(10-22,11-23)18(17)12-3-2-6-25-9-12/h2-3,6-7,9,13,15-18,24H,4-5H2,1H3/t13-,15?,16+,17-,18-/m0/s1. The first kappa shape index (κ1) is 16.5. The third kappa shape index (κ3) is 1.93. The smallest absolute Gasteiger partial charge is 0.189 e. The highest BCUT2D eigenvalue weighted by Gasteiger charge is 2.61. The van der Waals surface area contributed by atoms with Crippen molar-refractivity contribution in [3.05, 3.63) is 41.7 Å². The van der Waals surface area contributed by atoms with Crippen molar-refractivity contribution in [2.75, 3.05) is 7.05 Å². The zero-order valence-corrected chi connectivity index (χ0v) is 14.4. The monoisotopic (exact) mass is 342 g/mol. The average molecular weight is 342 g/mol. The van der Waals surface area contributed by atoms with Gasteiger partial charge in [-0.15, -0.1) is 0 Å². The van der Waals surface area contributed by atoms with Gasteiger partial charge in [-0.2, -0.15) is 15.8 Å². The van der Waals surface area contributed by atoms with Gasteiger partial charge < -0.3 is 5.41 Å². The third-order valence-electron chi connectivity index (χ3n) is 6.39. The lowest BCUT2D eigenvalue weighted by molar-refractivity contribution is 0.157. The van der Waals surface area contributed by atoms with Crippen LogP contribution in [0.15, 0.2) is 36.2 Å². The number of likely N-dealkylation sites (N-methyl/N-ethyl adjacent to an activating group) is 1. The SMILES string of the molecule is CN1[C@@H]2C=C3C(C#N)C(=N)C(C#N)(C#N)[C@@H](c4cccnc4)[C@@H]3[C@H]1CC2. The molecule has 2 bridgehead atoms. The third-order valence-corrected chi connectivity index (χ3v) is 6.39. The molecule has 5 atom stereocenters. The van der Waals surface area contributed by atoms with Gasteiger partial charge in [0, 0.05) is 36.3 Å². The minimum Gasteiger partial charge on any atom is -0.305 e. The summed E-state index contributed by atoms with van der Waals surface area (Å²) in [6.07, 6.45) is 7.41. The zero-order chi connectivity index (χ0) is 18.5. The summed E-state index contributed by atoms with van der Waals surface area (Å²) in [5.74, 6) is -1.44. The van der Waals surface area contributed by atoms with Crippen molar-refractivity contribution >= 4 is 5.71 Å². The van der Waals surface area contributed by atoms with E-state index in [1.54, 1.807) is 18.5 Å². The van der Waals surface area contributed by atoms with Gasteiger partial charge in [-0.1, -0.05) is 12.1 Å². The van der Waals surface area contributed by atoms with Crippen LogP contribution in [0.5, 0.6) is 0 Å². The Hall–Kier alpha value is -3.01. The summed E-state index contributed by atoms with van der Waals surface area (Å²) in [4.78, 5) is 6.48. The Morgan fingerprint density at radius 1 is 1.27 bits per heavy atom. The minimum absolute atomic E-state index is 0.0923. The molecule has 128 valence electrons. The molecule has 3 heterocycles. The van der Waals surface area contributed by atoms with Crippen molar-refractivity contribution in [2.24, 2.45) is 17.3 Å². The predicted octanol–water partition coefficient (Wildman–Crippen LogP) is 2.39. The van der Waals surface area contributed by atoms with Crippen LogP contribution in [0, 0.1) is 56.7 Å². The molecule has 0 amide bonds. The van der Waals surface area contributed by atoms with E-state index < -0.39 is 17.3 Å². The summed E-state index contributed by atoms with van der Waals surface area (Å²) in [6, 6.07) is 10.5. The highest BCUT2D eigenvalue weighted by atomic mass is 15.2. The summed E-state index contributed by atoms with van der Waals surface area (Å²) >= 11 is 0.